The number of carbonyl (C=O) groups is 1. The van der Waals surface area contributed by atoms with Crippen LogP contribution >= 0.6 is 11.6 Å². The summed E-state index contributed by atoms with van der Waals surface area (Å²) in [7, 11) is 0. The number of rotatable bonds is 1. The lowest BCUT2D eigenvalue weighted by atomic mass is 9.65. The summed E-state index contributed by atoms with van der Waals surface area (Å²) in [6.45, 7) is 6.94. The van der Waals surface area contributed by atoms with Crippen molar-refractivity contribution in [2.45, 2.75) is 50.8 Å². The van der Waals surface area contributed by atoms with E-state index in [9.17, 15) is 4.79 Å². The molecule has 3 saturated carbocycles. The first-order valence-electron chi connectivity index (χ1n) is 8.11. The molecule has 0 N–H and O–H groups in total. The summed E-state index contributed by atoms with van der Waals surface area (Å²) >= 11 is 7.14. The summed E-state index contributed by atoms with van der Waals surface area (Å²) in [5.74, 6) is 1.47. The number of hydrogen-bond donors (Lipinski definition) is 0. The number of Topliss-reactive ketones (excluding diaryl/α,β-unsaturated/α-hetero) is 1. The molecular weight excluding hydrogens is 280 g/mol. The molecule has 2 heteroatoms. The molecule has 0 saturated heterocycles. The van der Waals surface area contributed by atoms with Crippen LogP contribution in [0.3, 0.4) is 0 Å². The zero-order valence-electron chi connectivity index (χ0n) is 13.0. The average Bonchev–Trinajstić information content (AvgIpc) is 2.91. The molecule has 0 radical (unpaired) electrons. The largest absolute Gasteiger partial charge is 0.298 e. The van der Waals surface area contributed by atoms with Crippen molar-refractivity contribution in [3.8, 4) is 0 Å². The van der Waals surface area contributed by atoms with Crippen molar-refractivity contribution in [2.24, 2.45) is 22.7 Å². The summed E-state index contributed by atoms with van der Waals surface area (Å²) in [6.07, 6.45) is 2.94. The average molecular weight is 303 g/mol. The Bertz CT molecular complexity index is 607. The Hall–Kier alpha value is -0.820. The van der Waals surface area contributed by atoms with Gasteiger partial charge in [0, 0.05) is 6.42 Å². The molecule has 5 atom stereocenters. The molecule has 1 nitrogen and oxygen atoms in total. The van der Waals surface area contributed by atoms with Gasteiger partial charge in [-0.2, -0.15) is 0 Å². The highest BCUT2D eigenvalue weighted by molar-refractivity contribution is 6.37. The standard InChI is InChI=1S/C19H23ClO/c1-17(2)14-9-10-18(17,3)19(20)15(21)11-13(16(14)19)12-7-5-4-6-8-12/h4-8,13-14,16H,9-11H2,1-3H3/t13-,14+,16+,18+,19-/m0/s1. The Morgan fingerprint density at radius 2 is 1.81 bits per heavy atom. The van der Waals surface area contributed by atoms with Gasteiger partial charge in [0.25, 0.3) is 0 Å². The van der Waals surface area contributed by atoms with E-state index in [1.54, 1.807) is 0 Å². The quantitative estimate of drug-likeness (QED) is 0.681. The highest BCUT2D eigenvalue weighted by Crippen LogP contribution is 2.78. The van der Waals surface area contributed by atoms with Crippen LogP contribution < -0.4 is 0 Å². The number of alkyl halides is 1. The van der Waals surface area contributed by atoms with Crippen LogP contribution in [0, 0.1) is 22.7 Å². The highest BCUT2D eigenvalue weighted by atomic mass is 35.5. The fourth-order valence-corrected chi connectivity index (χ4v) is 6.73. The smallest absolute Gasteiger partial charge is 0.155 e. The molecule has 112 valence electrons. The summed E-state index contributed by atoms with van der Waals surface area (Å²) in [4.78, 5) is 12.3. The summed E-state index contributed by atoms with van der Waals surface area (Å²) in [5, 5.41) is 0. The van der Waals surface area contributed by atoms with Gasteiger partial charge >= 0.3 is 0 Å². The second-order valence-corrected chi connectivity index (χ2v) is 8.68. The van der Waals surface area contributed by atoms with Gasteiger partial charge < -0.3 is 0 Å². The van der Waals surface area contributed by atoms with Crippen LogP contribution in [0.5, 0.6) is 0 Å². The van der Waals surface area contributed by atoms with E-state index in [0.29, 0.717) is 30.0 Å². The van der Waals surface area contributed by atoms with Crippen LogP contribution in [0.2, 0.25) is 0 Å². The SMILES string of the molecule is CC1(C)[C@@H]2CC[C@@]1(C)[C@]1(Cl)C(=O)C[C@@H](c3ccccc3)[C@H]21. The highest BCUT2D eigenvalue weighted by Gasteiger charge is 2.78. The molecule has 3 aliphatic rings. The van der Waals surface area contributed by atoms with Gasteiger partial charge in [0.15, 0.2) is 5.78 Å². The van der Waals surface area contributed by atoms with Crippen LogP contribution in [-0.4, -0.2) is 10.7 Å². The van der Waals surface area contributed by atoms with Crippen LogP contribution in [0.25, 0.3) is 0 Å². The molecule has 3 fully saturated rings. The maximum absolute atomic E-state index is 12.9. The summed E-state index contributed by atoms with van der Waals surface area (Å²) in [5.41, 5.74) is 1.39. The second-order valence-electron chi connectivity index (χ2n) is 8.08. The number of halogens is 1. The van der Waals surface area contributed by atoms with E-state index < -0.39 is 4.87 Å². The summed E-state index contributed by atoms with van der Waals surface area (Å²) < 4.78 is 0. The van der Waals surface area contributed by atoms with Crippen molar-refractivity contribution in [3.63, 3.8) is 0 Å². The lowest BCUT2D eigenvalue weighted by molar-refractivity contribution is -0.123. The molecular formula is C19H23ClO. The summed E-state index contributed by atoms with van der Waals surface area (Å²) in [6, 6.07) is 10.5. The molecule has 0 heterocycles. The predicted octanol–water partition coefficient (Wildman–Crippen LogP) is 4.79. The van der Waals surface area contributed by atoms with Crippen molar-refractivity contribution in [1.29, 1.82) is 0 Å². The minimum atomic E-state index is -0.639. The van der Waals surface area contributed by atoms with Crippen LogP contribution in [0.1, 0.15) is 51.5 Å². The van der Waals surface area contributed by atoms with E-state index >= 15 is 0 Å². The van der Waals surface area contributed by atoms with Gasteiger partial charge in [0.2, 0.25) is 0 Å². The zero-order valence-corrected chi connectivity index (χ0v) is 13.8. The minimum Gasteiger partial charge on any atom is -0.298 e. The van der Waals surface area contributed by atoms with Gasteiger partial charge in [-0.3, -0.25) is 4.79 Å². The number of benzene rings is 1. The molecule has 2 bridgehead atoms. The predicted molar refractivity (Wildman–Crippen MR) is 85.5 cm³/mol. The van der Waals surface area contributed by atoms with E-state index in [0.717, 1.165) is 6.42 Å². The maximum Gasteiger partial charge on any atom is 0.155 e. The fraction of sp³-hybridized carbons (Fsp3) is 0.632. The normalized spacial score (nSPS) is 46.9. The minimum absolute atomic E-state index is 0.0580. The molecule has 3 aliphatic carbocycles. The van der Waals surface area contributed by atoms with Gasteiger partial charge in [-0.15, -0.1) is 11.6 Å². The monoisotopic (exact) mass is 302 g/mol. The number of carbonyl (C=O) groups excluding carboxylic acids is 1. The van der Waals surface area contributed by atoms with Crippen LogP contribution in [0.15, 0.2) is 30.3 Å². The molecule has 1 aromatic rings. The molecule has 1 aromatic carbocycles. The maximum atomic E-state index is 12.9. The Kier molecular flexibility index (Phi) is 2.58. The fourth-order valence-electron chi connectivity index (χ4n) is 6.01. The number of ketones is 1. The number of fused-ring (bicyclic) bond motifs is 5. The molecule has 0 unspecified atom stereocenters. The van der Waals surface area contributed by atoms with Gasteiger partial charge in [0.05, 0.1) is 0 Å². The second kappa shape index (κ2) is 3.93. The first-order valence-corrected chi connectivity index (χ1v) is 8.49. The van der Waals surface area contributed by atoms with Gasteiger partial charge in [-0.05, 0) is 47.0 Å². The Morgan fingerprint density at radius 1 is 1.14 bits per heavy atom. The Labute approximate surface area is 132 Å². The zero-order chi connectivity index (χ0) is 15.0. The van der Waals surface area contributed by atoms with E-state index in [-0.39, 0.29) is 10.8 Å². The van der Waals surface area contributed by atoms with Crippen LogP contribution in [-0.2, 0) is 4.79 Å². The Morgan fingerprint density at radius 3 is 2.48 bits per heavy atom. The third-order valence-corrected chi connectivity index (χ3v) is 8.35. The topological polar surface area (TPSA) is 17.1 Å². The molecule has 0 spiro atoms. The van der Waals surface area contributed by atoms with Crippen molar-refractivity contribution >= 4 is 17.4 Å². The van der Waals surface area contributed by atoms with E-state index in [1.807, 2.05) is 6.07 Å². The Balaban J connectivity index is 1.87. The lowest BCUT2D eigenvalue weighted by Crippen LogP contribution is -2.49. The van der Waals surface area contributed by atoms with Gasteiger partial charge in [-0.25, -0.2) is 0 Å². The molecule has 4 rings (SSSR count). The van der Waals surface area contributed by atoms with E-state index in [1.165, 1.54) is 12.0 Å². The molecule has 0 aromatic heterocycles. The lowest BCUT2D eigenvalue weighted by Gasteiger charge is -2.43. The van der Waals surface area contributed by atoms with E-state index in [4.69, 9.17) is 11.6 Å². The molecule has 21 heavy (non-hydrogen) atoms. The first-order chi connectivity index (χ1) is 9.84. The van der Waals surface area contributed by atoms with Crippen molar-refractivity contribution in [1.82, 2.24) is 0 Å². The third kappa shape index (κ3) is 1.33. The molecule has 0 amide bonds. The number of hydrogen-bond acceptors (Lipinski definition) is 1. The van der Waals surface area contributed by atoms with Gasteiger partial charge in [0.1, 0.15) is 4.87 Å². The van der Waals surface area contributed by atoms with Crippen LogP contribution in [0.4, 0.5) is 0 Å². The van der Waals surface area contributed by atoms with Crippen molar-refractivity contribution in [3.05, 3.63) is 35.9 Å². The van der Waals surface area contributed by atoms with Crippen molar-refractivity contribution in [2.75, 3.05) is 0 Å². The third-order valence-electron chi connectivity index (χ3n) is 7.47. The first kappa shape index (κ1) is 13.8. The van der Waals surface area contributed by atoms with Crippen molar-refractivity contribution < 1.29 is 4.79 Å². The van der Waals surface area contributed by atoms with Gasteiger partial charge in [-0.1, -0.05) is 51.1 Å². The van der Waals surface area contributed by atoms with E-state index in [2.05, 4.69) is 45.0 Å². The molecule has 0 aliphatic heterocycles.